The zero-order valence-electron chi connectivity index (χ0n) is 14.7. The maximum atomic E-state index is 12.5. The molecule has 0 radical (unpaired) electrons. The lowest BCUT2D eigenvalue weighted by atomic mass is 9.98. The Hall–Kier alpha value is -1.15. The molecular formula is C16H26N4O2S2. The second-order valence-corrected chi connectivity index (χ2v) is 8.59. The average molecular weight is 371 g/mol. The topological polar surface area (TPSA) is 75.2 Å². The van der Waals surface area contributed by atoms with Gasteiger partial charge >= 0.3 is 0 Å². The molecule has 0 unspecified atom stereocenters. The van der Waals surface area contributed by atoms with Crippen molar-refractivity contribution in [2.75, 3.05) is 11.1 Å². The number of carbonyl (C=O) groups excluding carboxylic acids is 2. The molecule has 0 aromatic carbocycles. The Morgan fingerprint density at radius 2 is 2.00 bits per heavy atom. The normalized spacial score (nSPS) is 22.2. The summed E-state index contributed by atoms with van der Waals surface area (Å²) in [6.07, 6.45) is 4.12. The Labute approximate surface area is 151 Å². The van der Waals surface area contributed by atoms with Crippen LogP contribution in [0.5, 0.6) is 0 Å². The third kappa shape index (κ3) is 4.92. The molecule has 1 saturated heterocycles. The largest absolute Gasteiger partial charge is 0.337 e. The standard InChI is InChI=1S/C16H26N4O2S2/c1-5-10(2)14(22)17-15-18-19-16(24-15)23-9-13(21)20-11(3)7-6-8-12(20)4/h10-12H,5-9H2,1-4H3,(H,17,18,22)/t10-,11-,12-/m1/s1. The van der Waals surface area contributed by atoms with Crippen LogP contribution in [-0.4, -0.2) is 44.7 Å². The summed E-state index contributed by atoms with van der Waals surface area (Å²) in [6, 6.07) is 0.614. The van der Waals surface area contributed by atoms with Gasteiger partial charge in [0.05, 0.1) is 5.75 Å². The molecule has 0 spiro atoms. The predicted octanol–water partition coefficient (Wildman–Crippen LogP) is 3.40. The fourth-order valence-corrected chi connectivity index (χ4v) is 4.47. The molecule has 2 rings (SSSR count). The number of nitrogens with one attached hydrogen (secondary N) is 1. The van der Waals surface area contributed by atoms with Crippen LogP contribution >= 0.6 is 23.1 Å². The van der Waals surface area contributed by atoms with Gasteiger partial charge in [-0.15, -0.1) is 10.2 Å². The van der Waals surface area contributed by atoms with Crippen molar-refractivity contribution in [3.05, 3.63) is 0 Å². The number of nitrogens with zero attached hydrogens (tertiary/aromatic N) is 3. The third-order valence-corrected chi connectivity index (χ3v) is 6.45. The van der Waals surface area contributed by atoms with Gasteiger partial charge in [-0.3, -0.25) is 9.59 Å². The van der Waals surface area contributed by atoms with Crippen molar-refractivity contribution in [1.29, 1.82) is 0 Å². The van der Waals surface area contributed by atoms with Crippen LogP contribution in [0.2, 0.25) is 0 Å². The van der Waals surface area contributed by atoms with Crippen LogP contribution < -0.4 is 5.32 Å². The molecule has 24 heavy (non-hydrogen) atoms. The average Bonchev–Trinajstić information content (AvgIpc) is 2.99. The van der Waals surface area contributed by atoms with Crippen LogP contribution in [0, 0.1) is 5.92 Å². The van der Waals surface area contributed by atoms with Crippen molar-refractivity contribution >= 4 is 40.0 Å². The first kappa shape index (κ1) is 19.2. The molecule has 2 heterocycles. The lowest BCUT2D eigenvalue weighted by Crippen LogP contribution is -2.48. The number of rotatable bonds is 6. The first-order chi connectivity index (χ1) is 11.4. The number of anilines is 1. The molecule has 1 aliphatic rings. The van der Waals surface area contributed by atoms with E-state index in [1.54, 1.807) is 0 Å². The number of thioether (sulfide) groups is 1. The van der Waals surface area contributed by atoms with E-state index in [1.165, 1.54) is 29.5 Å². The van der Waals surface area contributed by atoms with Gasteiger partial charge in [0, 0.05) is 18.0 Å². The highest BCUT2D eigenvalue weighted by molar-refractivity contribution is 8.01. The van der Waals surface area contributed by atoms with E-state index < -0.39 is 0 Å². The van der Waals surface area contributed by atoms with Gasteiger partial charge in [0.2, 0.25) is 16.9 Å². The summed E-state index contributed by atoms with van der Waals surface area (Å²) < 4.78 is 0.708. The molecule has 1 aliphatic heterocycles. The number of aromatic nitrogens is 2. The number of piperidine rings is 1. The molecule has 3 atom stereocenters. The third-order valence-electron chi connectivity index (χ3n) is 4.50. The smallest absolute Gasteiger partial charge is 0.233 e. The summed E-state index contributed by atoms with van der Waals surface area (Å²) in [6.45, 7) is 8.09. The van der Waals surface area contributed by atoms with Crippen molar-refractivity contribution < 1.29 is 9.59 Å². The molecule has 8 heteroatoms. The molecule has 1 aromatic rings. The van der Waals surface area contributed by atoms with Gasteiger partial charge < -0.3 is 10.2 Å². The Morgan fingerprint density at radius 3 is 2.62 bits per heavy atom. The van der Waals surface area contributed by atoms with Crippen LogP contribution in [0.3, 0.4) is 0 Å². The molecule has 1 N–H and O–H groups in total. The van der Waals surface area contributed by atoms with Crippen molar-refractivity contribution in [3.63, 3.8) is 0 Å². The number of hydrogen-bond donors (Lipinski definition) is 1. The first-order valence-corrected chi connectivity index (χ1v) is 10.3. The Kier molecular flexibility index (Phi) is 7.03. The van der Waals surface area contributed by atoms with Crippen LogP contribution in [0.1, 0.15) is 53.4 Å². The van der Waals surface area contributed by atoms with Crippen LogP contribution in [-0.2, 0) is 9.59 Å². The molecule has 1 fully saturated rings. The molecular weight excluding hydrogens is 344 g/mol. The molecule has 134 valence electrons. The van der Waals surface area contributed by atoms with E-state index in [-0.39, 0.29) is 17.7 Å². The fourth-order valence-electron chi connectivity index (χ4n) is 2.84. The zero-order chi connectivity index (χ0) is 17.7. The zero-order valence-corrected chi connectivity index (χ0v) is 16.4. The van der Waals surface area contributed by atoms with E-state index >= 15 is 0 Å². The molecule has 0 bridgehead atoms. The Morgan fingerprint density at radius 1 is 1.33 bits per heavy atom. The molecule has 0 saturated carbocycles. The van der Waals surface area contributed by atoms with Gasteiger partial charge in [-0.25, -0.2) is 0 Å². The number of carbonyl (C=O) groups is 2. The SMILES string of the molecule is CC[C@@H](C)C(=O)Nc1nnc(SCC(=O)N2[C@H](C)CCC[C@H]2C)s1. The Balaban J connectivity index is 1.86. The molecule has 6 nitrogen and oxygen atoms in total. The van der Waals surface area contributed by atoms with Gasteiger partial charge in [-0.1, -0.05) is 36.9 Å². The van der Waals surface area contributed by atoms with Crippen LogP contribution in [0.15, 0.2) is 4.34 Å². The van der Waals surface area contributed by atoms with Gasteiger partial charge in [0.1, 0.15) is 0 Å². The number of hydrogen-bond acceptors (Lipinski definition) is 6. The number of amides is 2. The minimum absolute atomic E-state index is 0.0442. The van der Waals surface area contributed by atoms with Crippen molar-refractivity contribution in [2.24, 2.45) is 5.92 Å². The van der Waals surface area contributed by atoms with Gasteiger partial charge in [-0.2, -0.15) is 0 Å². The maximum absolute atomic E-state index is 12.5. The summed E-state index contributed by atoms with van der Waals surface area (Å²) >= 11 is 2.71. The second kappa shape index (κ2) is 8.80. The van der Waals surface area contributed by atoms with E-state index in [2.05, 4.69) is 29.4 Å². The van der Waals surface area contributed by atoms with Crippen molar-refractivity contribution in [3.8, 4) is 0 Å². The Bertz CT molecular complexity index is 568. The summed E-state index contributed by atoms with van der Waals surface area (Å²) in [5.74, 6) is 0.425. The highest BCUT2D eigenvalue weighted by Crippen LogP contribution is 2.28. The molecule has 2 amide bonds. The molecule has 1 aromatic heterocycles. The van der Waals surface area contributed by atoms with E-state index in [9.17, 15) is 9.59 Å². The highest BCUT2D eigenvalue weighted by atomic mass is 32.2. The minimum Gasteiger partial charge on any atom is -0.337 e. The molecule has 0 aliphatic carbocycles. The van der Waals surface area contributed by atoms with Crippen LogP contribution in [0.25, 0.3) is 0 Å². The second-order valence-electron chi connectivity index (χ2n) is 6.39. The van der Waals surface area contributed by atoms with E-state index in [1.807, 2.05) is 18.7 Å². The maximum Gasteiger partial charge on any atom is 0.233 e. The summed E-state index contributed by atoms with van der Waals surface area (Å²) in [7, 11) is 0. The van der Waals surface area contributed by atoms with Gasteiger partial charge in [0.15, 0.2) is 4.34 Å². The minimum atomic E-state index is -0.0475. The summed E-state index contributed by atoms with van der Waals surface area (Å²) in [5.41, 5.74) is 0. The number of likely N-dealkylation sites (tertiary alicyclic amines) is 1. The lowest BCUT2D eigenvalue weighted by Gasteiger charge is -2.39. The van der Waals surface area contributed by atoms with Crippen molar-refractivity contribution in [1.82, 2.24) is 15.1 Å². The first-order valence-electron chi connectivity index (χ1n) is 8.50. The van der Waals surface area contributed by atoms with E-state index in [4.69, 9.17) is 0 Å². The van der Waals surface area contributed by atoms with E-state index in [0.29, 0.717) is 27.3 Å². The highest BCUT2D eigenvalue weighted by Gasteiger charge is 2.28. The monoisotopic (exact) mass is 370 g/mol. The quantitative estimate of drug-likeness (QED) is 0.613. The summed E-state index contributed by atoms with van der Waals surface area (Å²) in [4.78, 5) is 26.4. The van der Waals surface area contributed by atoms with E-state index in [0.717, 1.165) is 19.3 Å². The predicted molar refractivity (Wildman–Crippen MR) is 98.3 cm³/mol. The van der Waals surface area contributed by atoms with Crippen molar-refractivity contribution in [2.45, 2.75) is 69.8 Å². The summed E-state index contributed by atoms with van der Waals surface area (Å²) in [5, 5.41) is 11.3. The van der Waals surface area contributed by atoms with Crippen LogP contribution in [0.4, 0.5) is 5.13 Å². The van der Waals surface area contributed by atoms with Gasteiger partial charge in [-0.05, 0) is 39.5 Å². The lowest BCUT2D eigenvalue weighted by molar-refractivity contribution is -0.134. The van der Waals surface area contributed by atoms with Gasteiger partial charge in [0.25, 0.3) is 0 Å². The fraction of sp³-hybridized carbons (Fsp3) is 0.750.